The van der Waals surface area contributed by atoms with Gasteiger partial charge < -0.3 is 14.2 Å². The summed E-state index contributed by atoms with van der Waals surface area (Å²) in [6, 6.07) is 0. The van der Waals surface area contributed by atoms with Crippen molar-refractivity contribution in [1.82, 2.24) is 0 Å². The average molecular weight is 391 g/mol. The first kappa shape index (κ1) is 26.8. The molecule has 5 heteroatoms. The van der Waals surface area contributed by atoms with Gasteiger partial charge in [0.1, 0.15) is 0 Å². The summed E-state index contributed by atoms with van der Waals surface area (Å²) >= 11 is 0. The fraction of sp³-hybridized carbons (Fsp3) is 1.00. The Kier molecular flexibility index (Phi) is 14.6. The second kappa shape index (κ2) is 14.7. The maximum absolute atomic E-state index is 6.23. The third-order valence-electron chi connectivity index (χ3n) is 4.38. The maximum atomic E-state index is 6.23. The summed E-state index contributed by atoms with van der Waals surface area (Å²) < 4.78 is 18.3. The lowest BCUT2D eigenvalue weighted by Gasteiger charge is -2.43. The van der Waals surface area contributed by atoms with E-state index in [1.165, 1.54) is 0 Å². The van der Waals surface area contributed by atoms with Gasteiger partial charge in [0, 0.05) is 0 Å². The lowest BCUT2D eigenvalue weighted by Crippen LogP contribution is -2.54. The highest BCUT2D eigenvalue weighted by atomic mass is 17.3. The molecule has 0 radical (unpaired) electrons. The van der Waals surface area contributed by atoms with Crippen LogP contribution in [0.2, 0.25) is 0 Å². The highest BCUT2D eigenvalue weighted by Gasteiger charge is 2.51. The maximum Gasteiger partial charge on any atom is 0.319 e. The molecule has 0 heterocycles. The molecule has 0 aromatic rings. The second-order valence-electron chi connectivity index (χ2n) is 8.65. The van der Waals surface area contributed by atoms with Gasteiger partial charge in [-0.15, -0.1) is 0 Å². The molecule has 1 unspecified atom stereocenters. The molecular weight excluding hydrogens is 344 g/mol. The zero-order chi connectivity index (χ0) is 20.8. The van der Waals surface area contributed by atoms with Crippen molar-refractivity contribution >= 4 is 0 Å². The Morgan fingerprint density at radius 3 is 1.89 bits per heavy atom. The highest BCUT2D eigenvalue weighted by molar-refractivity contribution is 4.80. The van der Waals surface area contributed by atoms with Crippen LogP contribution in [0.4, 0.5) is 0 Å². The minimum atomic E-state index is -1.28. The quantitative estimate of drug-likeness (QED) is 0.122. The van der Waals surface area contributed by atoms with Crippen LogP contribution in [0.15, 0.2) is 0 Å². The monoisotopic (exact) mass is 390 g/mol. The fourth-order valence-corrected chi connectivity index (χ4v) is 2.37. The van der Waals surface area contributed by atoms with Crippen molar-refractivity contribution in [2.75, 3.05) is 26.4 Å². The van der Waals surface area contributed by atoms with Crippen LogP contribution in [0.5, 0.6) is 0 Å². The van der Waals surface area contributed by atoms with Gasteiger partial charge in [-0.25, -0.2) is 4.89 Å². The van der Waals surface area contributed by atoms with E-state index in [2.05, 4.69) is 27.7 Å². The molecule has 0 aromatic heterocycles. The topological polar surface area (TPSA) is 46.2 Å². The molecule has 0 saturated heterocycles. The smallest absolute Gasteiger partial charge is 0.319 e. The first-order chi connectivity index (χ1) is 12.7. The number of hydrogen-bond acceptors (Lipinski definition) is 5. The molecule has 0 saturated carbocycles. The number of unbranched alkanes of at least 4 members (excludes halogenated alkanes) is 3. The van der Waals surface area contributed by atoms with E-state index in [9.17, 15) is 0 Å². The summed E-state index contributed by atoms with van der Waals surface area (Å²) in [4.78, 5) is 11.5. The summed E-state index contributed by atoms with van der Waals surface area (Å²) in [5.74, 6) is -0.728. The van der Waals surface area contributed by atoms with Gasteiger partial charge in [-0.05, 0) is 52.9 Å². The molecule has 164 valence electrons. The average Bonchev–Trinajstić information content (AvgIpc) is 2.60. The summed E-state index contributed by atoms with van der Waals surface area (Å²) in [6.45, 7) is 18.9. The van der Waals surface area contributed by atoms with Gasteiger partial charge in [-0.3, -0.25) is 0 Å². The lowest BCUT2D eigenvalue weighted by molar-refractivity contribution is -0.538. The Balaban J connectivity index is 5.25. The molecule has 0 aromatic carbocycles. The van der Waals surface area contributed by atoms with Gasteiger partial charge in [0.2, 0.25) is 0 Å². The van der Waals surface area contributed by atoms with Crippen molar-refractivity contribution in [2.24, 2.45) is 11.3 Å². The summed E-state index contributed by atoms with van der Waals surface area (Å²) in [5.41, 5.74) is -0.533. The first-order valence-electron chi connectivity index (χ1n) is 10.9. The van der Waals surface area contributed by atoms with Crippen molar-refractivity contribution in [3.63, 3.8) is 0 Å². The highest BCUT2D eigenvalue weighted by Crippen LogP contribution is 2.38. The molecule has 0 rings (SSSR count). The zero-order valence-electron chi connectivity index (χ0n) is 19.3. The van der Waals surface area contributed by atoms with Crippen LogP contribution in [-0.2, 0) is 24.0 Å². The van der Waals surface area contributed by atoms with Gasteiger partial charge in [0.15, 0.2) is 0 Å². The van der Waals surface area contributed by atoms with Crippen molar-refractivity contribution < 1.29 is 24.0 Å². The van der Waals surface area contributed by atoms with Gasteiger partial charge in [-0.2, -0.15) is 4.89 Å². The Morgan fingerprint density at radius 1 is 0.778 bits per heavy atom. The van der Waals surface area contributed by atoms with Crippen molar-refractivity contribution in [3.05, 3.63) is 0 Å². The van der Waals surface area contributed by atoms with Gasteiger partial charge in [0.25, 0.3) is 0 Å². The van der Waals surface area contributed by atoms with Crippen LogP contribution in [-0.4, -0.2) is 38.5 Å². The van der Waals surface area contributed by atoms with Crippen LogP contribution in [0.1, 0.15) is 93.9 Å². The minimum absolute atomic E-state index is 0.125. The number of rotatable bonds is 18. The van der Waals surface area contributed by atoms with Crippen LogP contribution in [0, 0.1) is 11.3 Å². The Bertz CT molecular complexity index is 344. The Hall–Kier alpha value is -0.200. The molecule has 0 N–H and O–H groups in total. The molecule has 0 fully saturated rings. The van der Waals surface area contributed by atoms with Gasteiger partial charge in [-0.1, -0.05) is 47.0 Å². The summed E-state index contributed by atoms with van der Waals surface area (Å²) in [5, 5.41) is 0. The van der Waals surface area contributed by atoms with Gasteiger partial charge >= 0.3 is 5.97 Å². The predicted octanol–water partition coefficient (Wildman–Crippen LogP) is 6.11. The molecule has 0 amide bonds. The van der Waals surface area contributed by atoms with E-state index in [0.717, 1.165) is 38.5 Å². The largest absolute Gasteiger partial charge is 0.378 e. The lowest BCUT2D eigenvalue weighted by atomic mass is 9.90. The Morgan fingerprint density at radius 2 is 1.37 bits per heavy atom. The van der Waals surface area contributed by atoms with Crippen LogP contribution < -0.4 is 0 Å². The summed E-state index contributed by atoms with van der Waals surface area (Å²) in [7, 11) is 0. The van der Waals surface area contributed by atoms with E-state index in [-0.39, 0.29) is 6.10 Å². The molecule has 0 aliphatic rings. The zero-order valence-corrected chi connectivity index (χ0v) is 19.3. The number of ether oxygens (including phenoxy) is 3. The molecular formula is C22H46O5. The van der Waals surface area contributed by atoms with E-state index in [1.807, 2.05) is 27.7 Å². The molecule has 0 spiro atoms. The van der Waals surface area contributed by atoms with E-state index < -0.39 is 11.4 Å². The van der Waals surface area contributed by atoms with Crippen LogP contribution >= 0.6 is 0 Å². The van der Waals surface area contributed by atoms with E-state index in [0.29, 0.717) is 32.3 Å². The minimum Gasteiger partial charge on any atom is -0.378 e. The summed E-state index contributed by atoms with van der Waals surface area (Å²) in [6.07, 6.45) is 6.25. The standard InChI is InChI=1S/C22H46O5/c1-9-11-13-16-25-22(24-15-12-10-2,27-26-17-14-19(3)4)21(7,8)18-23-20(5)6/h19-20H,9-18H2,1-8H3. The molecule has 0 aliphatic heterocycles. The third-order valence-corrected chi connectivity index (χ3v) is 4.38. The van der Waals surface area contributed by atoms with Crippen LogP contribution in [0.3, 0.4) is 0 Å². The van der Waals surface area contributed by atoms with E-state index >= 15 is 0 Å². The molecule has 1 atom stereocenters. The fourth-order valence-electron chi connectivity index (χ4n) is 2.37. The molecule has 0 aliphatic carbocycles. The van der Waals surface area contributed by atoms with Crippen molar-refractivity contribution in [3.8, 4) is 0 Å². The molecule has 5 nitrogen and oxygen atoms in total. The third kappa shape index (κ3) is 11.4. The molecule has 0 bridgehead atoms. The Labute approximate surface area is 168 Å². The van der Waals surface area contributed by atoms with Crippen molar-refractivity contribution in [2.45, 2.75) is 106 Å². The second-order valence-corrected chi connectivity index (χ2v) is 8.65. The number of hydrogen-bond donors (Lipinski definition) is 0. The van der Waals surface area contributed by atoms with E-state index in [4.69, 9.17) is 24.0 Å². The SMILES string of the molecule is CCCCCOC(OCCCC)(OOCCC(C)C)C(C)(C)COC(C)C. The molecule has 27 heavy (non-hydrogen) atoms. The normalized spacial score (nSPS) is 14.9. The van der Waals surface area contributed by atoms with Gasteiger partial charge in [0.05, 0.1) is 37.9 Å². The first-order valence-corrected chi connectivity index (χ1v) is 10.9. The predicted molar refractivity (Wildman–Crippen MR) is 110 cm³/mol. The van der Waals surface area contributed by atoms with Crippen LogP contribution in [0.25, 0.3) is 0 Å². The van der Waals surface area contributed by atoms with Crippen molar-refractivity contribution in [1.29, 1.82) is 0 Å². The van der Waals surface area contributed by atoms with E-state index in [1.54, 1.807) is 0 Å².